The fraction of sp³-hybridized carbons (Fsp3) is 0.500. The summed E-state index contributed by atoms with van der Waals surface area (Å²) in [5.41, 5.74) is 5.73. The van der Waals surface area contributed by atoms with Crippen LogP contribution in [0.4, 0.5) is 15.8 Å². The lowest BCUT2D eigenvalue weighted by Crippen LogP contribution is -2.30. The van der Waals surface area contributed by atoms with Gasteiger partial charge in [0.05, 0.1) is 16.2 Å². The van der Waals surface area contributed by atoms with Crippen molar-refractivity contribution in [3.05, 3.63) is 24.0 Å². The molecule has 0 saturated heterocycles. The Hall–Kier alpha value is -1.63. The highest BCUT2D eigenvalue weighted by Crippen LogP contribution is 2.18. The molecule has 1 aromatic carbocycles. The van der Waals surface area contributed by atoms with Gasteiger partial charge in [-0.05, 0) is 45.4 Å². The zero-order valence-electron chi connectivity index (χ0n) is 12.4. The van der Waals surface area contributed by atoms with Crippen molar-refractivity contribution in [3.63, 3.8) is 0 Å². The molecule has 1 amide bonds. The Balaban J connectivity index is 2.50. The predicted molar refractivity (Wildman–Crippen MR) is 82.2 cm³/mol. The molecule has 7 heteroatoms. The summed E-state index contributed by atoms with van der Waals surface area (Å²) in [5, 5.41) is 2.55. The minimum atomic E-state index is -3.23. The largest absolute Gasteiger partial charge is 0.396 e. The quantitative estimate of drug-likeness (QED) is 0.816. The van der Waals surface area contributed by atoms with Gasteiger partial charge in [-0.3, -0.25) is 4.79 Å². The first-order chi connectivity index (χ1) is 9.53. The minimum Gasteiger partial charge on any atom is -0.396 e. The summed E-state index contributed by atoms with van der Waals surface area (Å²) in [7, 11) is -3.23. The van der Waals surface area contributed by atoms with Gasteiger partial charge in [0.1, 0.15) is 5.82 Å². The Bertz CT molecular complexity index is 622. The van der Waals surface area contributed by atoms with Gasteiger partial charge in [-0.25, -0.2) is 12.8 Å². The summed E-state index contributed by atoms with van der Waals surface area (Å²) in [5.74, 6) is -0.926. The Morgan fingerprint density at radius 3 is 2.48 bits per heavy atom. The van der Waals surface area contributed by atoms with Gasteiger partial charge < -0.3 is 11.1 Å². The second-order valence-corrected chi connectivity index (χ2v) is 8.68. The zero-order valence-corrected chi connectivity index (χ0v) is 13.3. The number of sulfone groups is 1. The third-order valence-corrected chi connectivity index (χ3v) is 5.72. The summed E-state index contributed by atoms with van der Waals surface area (Å²) < 4.78 is 35.9. The third-order valence-electron chi connectivity index (χ3n) is 3.03. The lowest BCUT2D eigenvalue weighted by Gasteiger charge is -2.18. The van der Waals surface area contributed by atoms with E-state index in [-0.39, 0.29) is 30.2 Å². The molecule has 0 unspecified atom stereocenters. The molecule has 0 aliphatic heterocycles. The lowest BCUT2D eigenvalue weighted by atomic mass is 10.2. The third kappa shape index (κ3) is 5.00. The summed E-state index contributed by atoms with van der Waals surface area (Å²) in [4.78, 5) is 11.7. The summed E-state index contributed by atoms with van der Waals surface area (Å²) in [6, 6.07) is 3.88. The molecule has 118 valence electrons. The van der Waals surface area contributed by atoms with Crippen LogP contribution in [0.15, 0.2) is 18.2 Å². The van der Waals surface area contributed by atoms with E-state index in [2.05, 4.69) is 5.32 Å². The molecule has 0 aliphatic carbocycles. The molecule has 0 saturated carbocycles. The van der Waals surface area contributed by atoms with Gasteiger partial charge in [0.15, 0.2) is 9.84 Å². The molecule has 1 aromatic rings. The highest BCUT2D eigenvalue weighted by Gasteiger charge is 2.28. The molecule has 3 N–H and O–H groups in total. The predicted octanol–water partition coefficient (Wildman–Crippen LogP) is 2.34. The summed E-state index contributed by atoms with van der Waals surface area (Å²) >= 11 is 0. The first kappa shape index (κ1) is 17.4. The number of benzene rings is 1. The average Bonchev–Trinajstić information content (AvgIpc) is 2.32. The monoisotopic (exact) mass is 316 g/mol. The maximum atomic E-state index is 13.0. The van der Waals surface area contributed by atoms with Gasteiger partial charge >= 0.3 is 0 Å². The first-order valence-corrected chi connectivity index (χ1v) is 8.25. The van der Waals surface area contributed by atoms with Crippen LogP contribution in [0.5, 0.6) is 0 Å². The number of amides is 1. The van der Waals surface area contributed by atoms with Gasteiger partial charge in [0.2, 0.25) is 5.91 Å². The maximum Gasteiger partial charge on any atom is 0.224 e. The molecule has 0 heterocycles. The van der Waals surface area contributed by atoms with Crippen molar-refractivity contribution >= 4 is 27.1 Å². The highest BCUT2D eigenvalue weighted by atomic mass is 32.2. The van der Waals surface area contributed by atoms with Crippen molar-refractivity contribution in [1.82, 2.24) is 0 Å². The van der Waals surface area contributed by atoms with Crippen LogP contribution in [0.25, 0.3) is 0 Å². The molecular weight excluding hydrogens is 295 g/mol. The van der Waals surface area contributed by atoms with E-state index in [1.807, 2.05) is 0 Å². The molecule has 0 fully saturated rings. The second kappa shape index (κ2) is 6.43. The molecule has 21 heavy (non-hydrogen) atoms. The summed E-state index contributed by atoms with van der Waals surface area (Å²) in [6.07, 6.45) is 0.314. The van der Waals surface area contributed by atoms with E-state index in [0.717, 1.165) is 6.07 Å². The van der Waals surface area contributed by atoms with Gasteiger partial charge in [0.25, 0.3) is 0 Å². The number of nitrogen functional groups attached to an aromatic ring is 1. The number of halogens is 1. The normalized spacial score (nSPS) is 12.2. The smallest absolute Gasteiger partial charge is 0.224 e. The molecule has 1 rings (SSSR count). The van der Waals surface area contributed by atoms with Crippen LogP contribution >= 0.6 is 0 Å². The van der Waals surface area contributed by atoms with Crippen molar-refractivity contribution in [2.75, 3.05) is 16.8 Å². The number of nitrogens with two attached hydrogens (primary N) is 1. The van der Waals surface area contributed by atoms with Crippen molar-refractivity contribution in [1.29, 1.82) is 0 Å². The van der Waals surface area contributed by atoms with Crippen LogP contribution in [-0.2, 0) is 14.6 Å². The van der Waals surface area contributed by atoms with Gasteiger partial charge in [-0.2, -0.15) is 0 Å². The Morgan fingerprint density at radius 2 is 1.95 bits per heavy atom. The first-order valence-electron chi connectivity index (χ1n) is 6.60. The average molecular weight is 316 g/mol. The molecule has 0 bridgehead atoms. The number of nitrogens with one attached hydrogen (secondary N) is 1. The molecule has 0 aromatic heterocycles. The minimum absolute atomic E-state index is 0.0462. The lowest BCUT2D eigenvalue weighted by molar-refractivity contribution is -0.116. The Morgan fingerprint density at radius 1 is 1.33 bits per heavy atom. The van der Waals surface area contributed by atoms with E-state index in [4.69, 9.17) is 5.73 Å². The molecule has 0 atom stereocenters. The van der Waals surface area contributed by atoms with E-state index < -0.39 is 20.4 Å². The highest BCUT2D eigenvalue weighted by molar-refractivity contribution is 7.92. The van der Waals surface area contributed by atoms with E-state index >= 15 is 0 Å². The number of rotatable bonds is 5. The van der Waals surface area contributed by atoms with Crippen LogP contribution in [0, 0.1) is 5.82 Å². The van der Waals surface area contributed by atoms with Gasteiger partial charge in [-0.1, -0.05) is 0 Å². The molecule has 5 nitrogen and oxygen atoms in total. The van der Waals surface area contributed by atoms with Crippen molar-refractivity contribution in [3.8, 4) is 0 Å². The van der Waals surface area contributed by atoms with Crippen LogP contribution < -0.4 is 11.1 Å². The number of carbonyl (C=O) groups excluding carboxylic acids is 1. The van der Waals surface area contributed by atoms with Gasteiger partial charge in [-0.15, -0.1) is 0 Å². The number of carbonyl (C=O) groups is 1. The standard InChI is InChI=1S/C14H21FN2O3S/c1-14(2,3)21(19,20)8-4-5-13(18)17-10-6-7-11(15)12(16)9-10/h6-7,9H,4-5,8,16H2,1-3H3,(H,17,18). The van der Waals surface area contributed by atoms with Crippen LogP contribution in [0.1, 0.15) is 33.6 Å². The van der Waals surface area contributed by atoms with E-state index in [1.165, 1.54) is 12.1 Å². The molecule has 0 spiro atoms. The van der Waals surface area contributed by atoms with E-state index in [9.17, 15) is 17.6 Å². The topological polar surface area (TPSA) is 89.3 Å². The zero-order chi connectivity index (χ0) is 16.3. The SMILES string of the molecule is CC(C)(C)S(=O)(=O)CCCC(=O)Nc1ccc(F)c(N)c1. The van der Waals surface area contributed by atoms with Crippen LogP contribution in [0.3, 0.4) is 0 Å². The molecule has 0 radical (unpaired) electrons. The van der Waals surface area contributed by atoms with Crippen LogP contribution in [0.2, 0.25) is 0 Å². The summed E-state index contributed by atoms with van der Waals surface area (Å²) in [6.45, 7) is 4.89. The number of hydrogen-bond donors (Lipinski definition) is 2. The van der Waals surface area contributed by atoms with Crippen LogP contribution in [-0.4, -0.2) is 24.8 Å². The number of hydrogen-bond acceptors (Lipinski definition) is 4. The Kier molecular flexibility index (Phi) is 5.33. The fourth-order valence-corrected chi connectivity index (χ4v) is 2.71. The van der Waals surface area contributed by atoms with Crippen molar-refractivity contribution in [2.45, 2.75) is 38.4 Å². The molecular formula is C14H21FN2O3S. The number of anilines is 2. The van der Waals surface area contributed by atoms with Crippen molar-refractivity contribution < 1.29 is 17.6 Å². The molecule has 0 aliphatic rings. The van der Waals surface area contributed by atoms with E-state index in [1.54, 1.807) is 20.8 Å². The Labute approximate surface area is 124 Å². The van der Waals surface area contributed by atoms with E-state index in [0.29, 0.717) is 5.69 Å². The maximum absolute atomic E-state index is 13.0. The second-order valence-electron chi connectivity index (χ2n) is 5.82. The fourth-order valence-electron chi connectivity index (χ4n) is 1.57. The van der Waals surface area contributed by atoms with Gasteiger partial charge in [0, 0.05) is 12.1 Å². The van der Waals surface area contributed by atoms with Crippen molar-refractivity contribution in [2.24, 2.45) is 0 Å².